The van der Waals surface area contributed by atoms with Crippen LogP contribution >= 0.6 is 11.8 Å². The molecule has 0 spiro atoms. The van der Waals surface area contributed by atoms with Crippen molar-refractivity contribution in [3.8, 4) is 0 Å². The Kier molecular flexibility index (Phi) is 5.01. The maximum absolute atomic E-state index is 12.9. The van der Waals surface area contributed by atoms with Crippen LogP contribution in [0, 0.1) is 5.82 Å². The Morgan fingerprint density at radius 2 is 2.11 bits per heavy atom. The lowest BCUT2D eigenvalue weighted by atomic mass is 10.3. The molecule has 2 N–H and O–H groups in total. The summed E-state index contributed by atoms with van der Waals surface area (Å²) < 4.78 is 38.8. The summed E-state index contributed by atoms with van der Waals surface area (Å²) in [6.07, 6.45) is 1.91. The van der Waals surface area contributed by atoms with Crippen LogP contribution in [0.5, 0.6) is 0 Å². The third-order valence-corrected chi connectivity index (χ3v) is 5.52. The lowest BCUT2D eigenvalue weighted by Gasteiger charge is -2.24. The first-order chi connectivity index (χ1) is 8.30. The van der Waals surface area contributed by atoms with E-state index in [4.69, 9.17) is 5.73 Å². The van der Waals surface area contributed by atoms with Crippen molar-refractivity contribution in [1.29, 1.82) is 0 Å². The number of thioether (sulfide) groups is 1. The quantitative estimate of drug-likeness (QED) is 0.840. The van der Waals surface area contributed by atoms with Crippen LogP contribution in [0.3, 0.4) is 0 Å². The van der Waals surface area contributed by atoms with E-state index in [1.807, 2.05) is 13.2 Å². The summed E-state index contributed by atoms with van der Waals surface area (Å²) in [6.45, 7) is 1.81. The van der Waals surface area contributed by atoms with Crippen LogP contribution in [0.2, 0.25) is 0 Å². The van der Waals surface area contributed by atoms with E-state index in [1.165, 1.54) is 17.4 Å². The molecule has 1 unspecified atom stereocenters. The summed E-state index contributed by atoms with van der Waals surface area (Å²) in [5.41, 5.74) is 5.50. The van der Waals surface area contributed by atoms with E-state index in [-0.39, 0.29) is 16.6 Å². The second kappa shape index (κ2) is 5.90. The number of nitrogens with zero attached hydrogens (tertiary/aromatic N) is 1. The fourth-order valence-corrected chi connectivity index (χ4v) is 3.75. The zero-order valence-electron chi connectivity index (χ0n) is 10.6. The lowest BCUT2D eigenvalue weighted by Crippen LogP contribution is -2.36. The Labute approximate surface area is 111 Å². The van der Waals surface area contributed by atoms with E-state index in [2.05, 4.69) is 0 Å². The third kappa shape index (κ3) is 3.15. The fraction of sp³-hybridized carbons (Fsp3) is 0.455. The molecule has 1 aromatic rings. The maximum atomic E-state index is 12.9. The summed E-state index contributed by atoms with van der Waals surface area (Å²) in [6, 6.07) is 3.15. The van der Waals surface area contributed by atoms with Gasteiger partial charge >= 0.3 is 0 Å². The van der Waals surface area contributed by atoms with Crippen LogP contribution in [-0.2, 0) is 10.0 Å². The van der Waals surface area contributed by atoms with Gasteiger partial charge in [0.25, 0.3) is 0 Å². The van der Waals surface area contributed by atoms with E-state index in [0.29, 0.717) is 5.75 Å². The topological polar surface area (TPSA) is 63.4 Å². The molecule has 18 heavy (non-hydrogen) atoms. The van der Waals surface area contributed by atoms with Crippen molar-refractivity contribution in [2.45, 2.75) is 17.9 Å². The van der Waals surface area contributed by atoms with Crippen LogP contribution in [0.1, 0.15) is 6.92 Å². The number of halogens is 1. The number of benzene rings is 1. The summed E-state index contributed by atoms with van der Waals surface area (Å²) in [5.74, 6) is 0.128. The average Bonchev–Trinajstić information content (AvgIpc) is 2.27. The minimum Gasteiger partial charge on any atom is -0.398 e. The number of nitrogen functional groups attached to an aromatic ring is 1. The highest BCUT2D eigenvalue weighted by atomic mass is 32.2. The van der Waals surface area contributed by atoms with Gasteiger partial charge in [-0.25, -0.2) is 12.8 Å². The lowest BCUT2D eigenvalue weighted by molar-refractivity contribution is 0.415. The van der Waals surface area contributed by atoms with Gasteiger partial charge in [-0.1, -0.05) is 0 Å². The fourth-order valence-electron chi connectivity index (χ4n) is 1.49. The number of rotatable bonds is 5. The normalized spacial score (nSPS) is 13.8. The average molecular weight is 292 g/mol. The number of hydrogen-bond donors (Lipinski definition) is 1. The number of nitrogens with two attached hydrogens (primary N) is 1. The van der Waals surface area contributed by atoms with Gasteiger partial charge in [-0.2, -0.15) is 16.1 Å². The molecule has 0 aliphatic carbocycles. The molecule has 1 atom stereocenters. The van der Waals surface area contributed by atoms with E-state index in [1.54, 1.807) is 11.8 Å². The number of anilines is 1. The van der Waals surface area contributed by atoms with E-state index in [0.717, 1.165) is 12.1 Å². The van der Waals surface area contributed by atoms with Crippen molar-refractivity contribution >= 4 is 27.5 Å². The summed E-state index contributed by atoms with van der Waals surface area (Å²) in [5, 5.41) is 0. The van der Waals surface area contributed by atoms with Gasteiger partial charge in [0.1, 0.15) is 10.7 Å². The first kappa shape index (κ1) is 15.3. The second-order valence-electron chi connectivity index (χ2n) is 4.01. The minimum atomic E-state index is -3.68. The van der Waals surface area contributed by atoms with Crippen molar-refractivity contribution in [2.75, 3.05) is 24.8 Å². The predicted molar refractivity (Wildman–Crippen MR) is 73.6 cm³/mol. The van der Waals surface area contributed by atoms with Crippen molar-refractivity contribution in [3.63, 3.8) is 0 Å². The Morgan fingerprint density at radius 3 is 2.61 bits per heavy atom. The van der Waals surface area contributed by atoms with Gasteiger partial charge in [0, 0.05) is 18.8 Å². The van der Waals surface area contributed by atoms with E-state index >= 15 is 0 Å². The Bertz CT molecular complexity index is 520. The van der Waals surface area contributed by atoms with E-state index < -0.39 is 15.8 Å². The van der Waals surface area contributed by atoms with Gasteiger partial charge in [0.2, 0.25) is 10.0 Å². The minimum absolute atomic E-state index is 0.0562. The van der Waals surface area contributed by atoms with Crippen molar-refractivity contribution in [3.05, 3.63) is 24.0 Å². The molecule has 0 radical (unpaired) electrons. The molecule has 7 heteroatoms. The van der Waals surface area contributed by atoms with Crippen LogP contribution in [-0.4, -0.2) is 37.8 Å². The third-order valence-electron chi connectivity index (χ3n) is 2.66. The van der Waals surface area contributed by atoms with Gasteiger partial charge in [-0.3, -0.25) is 0 Å². The molecule has 0 aliphatic heterocycles. The predicted octanol–water partition coefficient (Wildman–Crippen LogP) is 1.78. The Hall–Kier alpha value is -0.790. The zero-order chi connectivity index (χ0) is 13.9. The smallest absolute Gasteiger partial charge is 0.245 e. The standard InChI is InChI=1S/C11H17FN2O2S2/c1-8(7-17-3)14(2)18(15,16)11-5-4-9(12)6-10(11)13/h4-6,8H,7,13H2,1-3H3. The Morgan fingerprint density at radius 1 is 1.50 bits per heavy atom. The van der Waals surface area contributed by atoms with Crippen LogP contribution in [0.25, 0.3) is 0 Å². The number of hydrogen-bond acceptors (Lipinski definition) is 4. The SMILES string of the molecule is CSCC(C)N(C)S(=O)(=O)c1ccc(F)cc1N. The monoisotopic (exact) mass is 292 g/mol. The van der Waals surface area contributed by atoms with Gasteiger partial charge in [-0.05, 0) is 31.4 Å². The zero-order valence-corrected chi connectivity index (χ0v) is 12.2. The van der Waals surface area contributed by atoms with Gasteiger partial charge in [-0.15, -0.1) is 0 Å². The molecule has 0 saturated carbocycles. The van der Waals surface area contributed by atoms with Crippen LogP contribution in [0.4, 0.5) is 10.1 Å². The summed E-state index contributed by atoms with van der Waals surface area (Å²) >= 11 is 1.56. The first-order valence-corrected chi connectivity index (χ1v) is 8.16. The highest BCUT2D eigenvalue weighted by Crippen LogP contribution is 2.24. The van der Waals surface area contributed by atoms with Crippen LogP contribution in [0.15, 0.2) is 23.1 Å². The van der Waals surface area contributed by atoms with E-state index in [9.17, 15) is 12.8 Å². The molecule has 0 heterocycles. The van der Waals surface area contributed by atoms with Gasteiger partial charge in [0.05, 0.1) is 5.69 Å². The largest absolute Gasteiger partial charge is 0.398 e. The van der Waals surface area contributed by atoms with Crippen molar-refractivity contribution in [1.82, 2.24) is 4.31 Å². The highest BCUT2D eigenvalue weighted by molar-refractivity contribution is 7.98. The molecule has 0 aromatic heterocycles. The highest BCUT2D eigenvalue weighted by Gasteiger charge is 2.27. The molecule has 0 aliphatic rings. The molecular weight excluding hydrogens is 275 g/mol. The molecule has 0 fully saturated rings. The summed E-state index contributed by atoms with van der Waals surface area (Å²) in [7, 11) is -2.18. The second-order valence-corrected chi connectivity index (χ2v) is 6.88. The van der Waals surface area contributed by atoms with Crippen molar-refractivity contribution < 1.29 is 12.8 Å². The molecular formula is C11H17FN2O2S2. The number of sulfonamides is 1. The molecule has 0 saturated heterocycles. The molecule has 0 amide bonds. The molecule has 102 valence electrons. The maximum Gasteiger partial charge on any atom is 0.245 e. The van der Waals surface area contributed by atoms with Crippen LogP contribution < -0.4 is 5.73 Å². The molecule has 1 rings (SSSR count). The molecule has 4 nitrogen and oxygen atoms in total. The first-order valence-electron chi connectivity index (χ1n) is 5.32. The van der Waals surface area contributed by atoms with Gasteiger partial charge < -0.3 is 5.73 Å². The summed E-state index contributed by atoms with van der Waals surface area (Å²) in [4.78, 5) is -0.0562. The van der Waals surface area contributed by atoms with Gasteiger partial charge in [0.15, 0.2) is 0 Å². The Balaban J connectivity index is 3.13. The van der Waals surface area contributed by atoms with Crippen molar-refractivity contribution in [2.24, 2.45) is 0 Å². The molecule has 1 aromatic carbocycles. The molecule has 0 bridgehead atoms.